The van der Waals surface area contributed by atoms with Crippen LogP contribution in [0.5, 0.6) is 0 Å². The number of aliphatic hydroxyl groups is 3. The number of nitrogens with one attached hydrogen (secondary N) is 1. The van der Waals surface area contributed by atoms with Crippen LogP contribution in [0.2, 0.25) is 0 Å². The molecule has 1 aliphatic heterocycles. The lowest BCUT2D eigenvalue weighted by Crippen LogP contribution is -2.33. The second-order valence-electron chi connectivity index (χ2n) is 4.36. The van der Waals surface area contributed by atoms with Crippen LogP contribution >= 0.6 is 0 Å². The van der Waals surface area contributed by atoms with Crippen LogP contribution in [0.4, 0.5) is 0 Å². The highest BCUT2D eigenvalue weighted by Gasteiger charge is 2.44. The first-order valence-electron chi connectivity index (χ1n) is 5.59. The van der Waals surface area contributed by atoms with E-state index in [0.29, 0.717) is 0 Å². The lowest BCUT2D eigenvalue weighted by Gasteiger charge is -2.16. The maximum atomic E-state index is 11.5. The summed E-state index contributed by atoms with van der Waals surface area (Å²) in [6, 6.07) is 0. The number of H-pyrrole nitrogens is 1. The Morgan fingerprint density at radius 3 is 2.84 bits per heavy atom. The number of fused-ring (bicyclic) bond motifs is 1. The minimum absolute atomic E-state index is 0.0974. The number of rotatable bonds is 2. The molecule has 3 rings (SSSR count). The largest absolute Gasteiger partial charge is 0.394 e. The minimum atomic E-state index is -1.26. The molecular weight excluding hydrogens is 258 g/mol. The third-order valence-electron chi connectivity index (χ3n) is 3.22. The molecule has 0 aromatic carbocycles. The van der Waals surface area contributed by atoms with Crippen molar-refractivity contribution in [2.75, 3.05) is 12.4 Å². The quantitative estimate of drug-likeness (QED) is 0.362. The molecule has 2 aromatic rings. The first kappa shape index (κ1) is 12.2. The zero-order chi connectivity index (χ0) is 13.7. The molecule has 104 valence electrons. The molecule has 0 radical (unpaired) electrons. The van der Waals surface area contributed by atoms with E-state index in [1.165, 1.54) is 10.9 Å². The van der Waals surface area contributed by atoms with E-state index in [1.807, 2.05) is 0 Å². The normalized spacial score (nSPS) is 31.3. The maximum absolute atomic E-state index is 11.5. The summed E-state index contributed by atoms with van der Waals surface area (Å²) in [6.45, 7) is -0.435. The lowest BCUT2D eigenvalue weighted by atomic mass is 10.1. The van der Waals surface area contributed by atoms with Crippen molar-refractivity contribution in [3.8, 4) is 0 Å². The van der Waals surface area contributed by atoms with Gasteiger partial charge >= 0.3 is 0 Å². The van der Waals surface area contributed by atoms with Crippen LogP contribution < -0.4 is 11.4 Å². The van der Waals surface area contributed by atoms with E-state index in [4.69, 9.17) is 15.7 Å². The highest BCUT2D eigenvalue weighted by Crippen LogP contribution is 2.30. The number of hydrogen-bond donors (Lipinski definition) is 5. The number of nitrogens with zero attached hydrogens (tertiary/aromatic N) is 3. The van der Waals surface area contributed by atoms with Gasteiger partial charge in [-0.15, -0.1) is 0 Å². The van der Waals surface area contributed by atoms with Gasteiger partial charge in [-0.2, -0.15) is 4.79 Å². The number of nitrogens with two attached hydrogens (primary N) is 1. The summed E-state index contributed by atoms with van der Waals surface area (Å²) < 4.78 is 6.67. The average Bonchev–Trinajstić information content (AvgIpc) is 3.00. The fourth-order valence-corrected chi connectivity index (χ4v) is 2.26. The number of aliphatic hydroxyl groups excluding tert-OH is 3. The van der Waals surface area contributed by atoms with Crippen LogP contribution in [0.15, 0.2) is 11.1 Å². The molecule has 0 aliphatic carbocycles. The summed E-state index contributed by atoms with van der Waals surface area (Å²) in [6.07, 6.45) is -3.11. The molecule has 3 heterocycles. The molecule has 6 N–H and O–H groups in total. The van der Waals surface area contributed by atoms with Crippen LogP contribution in [-0.2, 0) is 4.74 Å². The number of nitrogen functional groups attached to an aromatic ring is 1. The number of hydrogen-bond acceptors (Lipinski definition) is 7. The predicted molar refractivity (Wildman–Crippen MR) is 61.5 cm³/mol. The van der Waals surface area contributed by atoms with Crippen LogP contribution in [0, 0.1) is 0 Å². The molecule has 1 aliphatic rings. The molecule has 19 heavy (non-hydrogen) atoms. The van der Waals surface area contributed by atoms with E-state index < -0.39 is 36.7 Å². The molecule has 0 saturated carbocycles. The number of aromatic amines is 1. The Hall–Kier alpha value is -1.88. The van der Waals surface area contributed by atoms with Gasteiger partial charge in [0.25, 0.3) is 5.56 Å². The van der Waals surface area contributed by atoms with Crippen molar-refractivity contribution in [2.45, 2.75) is 24.5 Å². The molecule has 0 spiro atoms. The Labute approximate surface area is 105 Å². The van der Waals surface area contributed by atoms with Gasteiger partial charge in [-0.05, 0) is 0 Å². The molecular formula is C9H13N5O5. The Bertz CT molecular complexity index is 660. The summed E-state index contributed by atoms with van der Waals surface area (Å²) in [5, 5.41) is 31.0. The van der Waals surface area contributed by atoms with E-state index in [1.54, 1.807) is 0 Å². The zero-order valence-electron chi connectivity index (χ0n) is 9.67. The summed E-state index contributed by atoms with van der Waals surface area (Å²) in [5.74, 6) is 5.59. The zero-order valence-corrected chi connectivity index (χ0v) is 9.67. The summed E-state index contributed by atoms with van der Waals surface area (Å²) in [5.41, 5.74) is -0.150. The van der Waals surface area contributed by atoms with Gasteiger partial charge in [0.15, 0.2) is 17.4 Å². The standard InChI is InChI=1S/C9H13N5O5/c10-14-8-4(7(18)12-14)11-2-13(8)9-6(17)5(16)3(1-15)19-9/h2-3,5-6,9,15-17H,1,10H2,(H,12,18)/t3-,5?,6?,9-/m1/s1. The average molecular weight is 271 g/mol. The van der Waals surface area contributed by atoms with Crippen molar-refractivity contribution in [1.29, 1.82) is 0 Å². The van der Waals surface area contributed by atoms with Gasteiger partial charge < -0.3 is 25.9 Å². The molecule has 0 amide bonds. The van der Waals surface area contributed by atoms with Crippen LogP contribution in [0.1, 0.15) is 6.23 Å². The Morgan fingerprint density at radius 2 is 2.21 bits per heavy atom. The minimum Gasteiger partial charge on any atom is -0.394 e. The smallest absolute Gasteiger partial charge is 0.293 e. The molecule has 2 aromatic heterocycles. The Balaban J connectivity index is 2.08. The molecule has 2 unspecified atom stereocenters. The molecule has 10 nitrogen and oxygen atoms in total. The molecule has 1 fully saturated rings. The second-order valence-corrected chi connectivity index (χ2v) is 4.36. The fourth-order valence-electron chi connectivity index (χ4n) is 2.26. The number of aromatic nitrogens is 4. The van der Waals surface area contributed by atoms with E-state index in [9.17, 15) is 15.0 Å². The third-order valence-corrected chi connectivity index (χ3v) is 3.22. The van der Waals surface area contributed by atoms with E-state index in [0.717, 1.165) is 4.79 Å². The maximum Gasteiger partial charge on any atom is 0.293 e. The summed E-state index contributed by atoms with van der Waals surface area (Å²) in [7, 11) is 0. The topological polar surface area (TPSA) is 152 Å². The van der Waals surface area contributed by atoms with Crippen molar-refractivity contribution >= 4 is 11.2 Å². The van der Waals surface area contributed by atoms with Gasteiger partial charge in [0.2, 0.25) is 0 Å². The van der Waals surface area contributed by atoms with Crippen molar-refractivity contribution in [3.63, 3.8) is 0 Å². The van der Waals surface area contributed by atoms with E-state index in [-0.39, 0.29) is 11.2 Å². The van der Waals surface area contributed by atoms with E-state index in [2.05, 4.69) is 10.1 Å². The van der Waals surface area contributed by atoms with Crippen LogP contribution in [0.25, 0.3) is 11.2 Å². The third kappa shape index (κ3) is 1.58. The van der Waals surface area contributed by atoms with Gasteiger partial charge in [0.05, 0.1) is 12.9 Å². The van der Waals surface area contributed by atoms with Gasteiger partial charge in [0, 0.05) is 0 Å². The fraction of sp³-hybridized carbons (Fsp3) is 0.556. The Morgan fingerprint density at radius 1 is 1.47 bits per heavy atom. The monoisotopic (exact) mass is 271 g/mol. The van der Waals surface area contributed by atoms with Gasteiger partial charge in [0.1, 0.15) is 18.3 Å². The lowest BCUT2D eigenvalue weighted by molar-refractivity contribution is -0.0512. The first-order valence-corrected chi connectivity index (χ1v) is 5.59. The predicted octanol–water partition coefficient (Wildman–Crippen LogP) is -3.15. The van der Waals surface area contributed by atoms with E-state index >= 15 is 0 Å². The SMILES string of the molecule is Nn1[nH]c(=O)c2ncn([C@@H]3O[C@H](CO)C(O)C3O)c21. The first-order chi connectivity index (χ1) is 9.04. The van der Waals surface area contributed by atoms with Crippen molar-refractivity contribution < 1.29 is 20.1 Å². The second kappa shape index (κ2) is 4.06. The number of imidazole rings is 1. The highest BCUT2D eigenvalue weighted by atomic mass is 16.6. The molecule has 0 bridgehead atoms. The molecule has 10 heteroatoms. The van der Waals surface area contributed by atoms with Crippen LogP contribution in [-0.4, -0.2) is 59.7 Å². The van der Waals surface area contributed by atoms with Crippen LogP contribution in [0.3, 0.4) is 0 Å². The number of ether oxygens (including phenoxy) is 1. The summed E-state index contributed by atoms with van der Waals surface area (Å²) in [4.78, 5) is 16.3. The van der Waals surface area contributed by atoms with Crippen molar-refractivity contribution in [2.24, 2.45) is 0 Å². The van der Waals surface area contributed by atoms with Crippen molar-refractivity contribution in [3.05, 3.63) is 16.7 Å². The van der Waals surface area contributed by atoms with Gasteiger partial charge in [-0.1, -0.05) is 0 Å². The Kier molecular flexibility index (Phi) is 2.60. The van der Waals surface area contributed by atoms with Gasteiger partial charge in [-0.3, -0.25) is 9.36 Å². The molecule has 4 atom stereocenters. The molecule has 1 saturated heterocycles. The highest BCUT2D eigenvalue weighted by molar-refractivity contribution is 5.70. The van der Waals surface area contributed by atoms with Crippen molar-refractivity contribution in [1.82, 2.24) is 19.4 Å². The summed E-state index contributed by atoms with van der Waals surface area (Å²) >= 11 is 0. The van der Waals surface area contributed by atoms with Gasteiger partial charge in [-0.25, -0.2) is 10.1 Å².